The lowest BCUT2D eigenvalue weighted by molar-refractivity contribution is 1.78. The molecule has 0 amide bonds. The molecule has 0 aromatic heterocycles. The Labute approximate surface area is 370 Å². The zero-order valence-corrected chi connectivity index (χ0v) is 35.1. The second kappa shape index (κ2) is 14.7. The number of hydrogen-bond donors (Lipinski definition) is 0. The molecule has 0 fully saturated rings. The SMILES string of the molecule is c1cc2cccc3c4cccc5cccc(c(c1)c23)c54.c1ccc2cc3c(ccc4cc5ccccc5cc43)cc2c1.c1ccc2cc3c(ccc4cc5ccccc5cc43)cc2c1. The molecule has 0 saturated carbocycles. The average Bonchev–Trinajstić information content (AvgIpc) is 3.36. The smallest absolute Gasteiger partial charge is 0.00264 e. The Hall–Kier alpha value is -8.32. The van der Waals surface area contributed by atoms with Crippen molar-refractivity contribution in [1.29, 1.82) is 0 Å². The number of hydrogen-bond acceptors (Lipinski definition) is 0. The molecule has 15 rings (SSSR count). The Morgan fingerprint density at radius 3 is 0.562 bits per heavy atom. The van der Waals surface area contributed by atoms with Crippen molar-refractivity contribution in [3.8, 4) is 0 Å². The highest BCUT2D eigenvalue weighted by molar-refractivity contribution is 6.32. The summed E-state index contributed by atoms with van der Waals surface area (Å²) in [5.41, 5.74) is 0. The number of fused-ring (bicyclic) bond motifs is 12. The van der Waals surface area contributed by atoms with Crippen LogP contribution in [0, 0.1) is 0 Å². The van der Waals surface area contributed by atoms with E-state index in [1.54, 1.807) is 0 Å². The molecule has 0 heterocycles. The van der Waals surface area contributed by atoms with E-state index in [1.165, 1.54) is 129 Å². The standard InChI is InChI=1S/2C22H14.C20H12/c2*1-3-7-17-13-21-19(11-15(17)5-1)9-10-20-12-16-6-2-4-8-18(16)14-22(20)21;1-5-13-6-2-11-17-18-12-4-8-14-7-3-10-16(20(14)18)15(9-1)19(13)17/h2*1-14H;1-12H. The van der Waals surface area contributed by atoms with Crippen LogP contribution in [0.5, 0.6) is 0 Å². The summed E-state index contributed by atoms with van der Waals surface area (Å²) in [6.45, 7) is 0. The zero-order valence-electron chi connectivity index (χ0n) is 35.1. The topological polar surface area (TPSA) is 0 Å². The van der Waals surface area contributed by atoms with Crippen molar-refractivity contribution in [3.05, 3.63) is 243 Å². The molecule has 0 heteroatoms. The second-order valence-electron chi connectivity index (χ2n) is 17.2. The Morgan fingerprint density at radius 2 is 0.328 bits per heavy atom. The van der Waals surface area contributed by atoms with Gasteiger partial charge in [-0.2, -0.15) is 0 Å². The van der Waals surface area contributed by atoms with Crippen molar-refractivity contribution in [1.82, 2.24) is 0 Å². The van der Waals surface area contributed by atoms with E-state index in [2.05, 4.69) is 243 Å². The molecule has 0 unspecified atom stereocenters. The van der Waals surface area contributed by atoms with E-state index >= 15 is 0 Å². The van der Waals surface area contributed by atoms with E-state index in [4.69, 9.17) is 0 Å². The van der Waals surface area contributed by atoms with Crippen molar-refractivity contribution in [2.75, 3.05) is 0 Å². The van der Waals surface area contributed by atoms with Crippen molar-refractivity contribution in [2.24, 2.45) is 0 Å². The molecule has 0 atom stereocenters. The Bertz CT molecular complexity index is 3760. The van der Waals surface area contributed by atoms with Crippen molar-refractivity contribution in [2.45, 2.75) is 0 Å². The van der Waals surface area contributed by atoms with Gasteiger partial charge in [0.2, 0.25) is 0 Å². The third-order valence-corrected chi connectivity index (χ3v) is 13.5. The van der Waals surface area contributed by atoms with Gasteiger partial charge in [0.25, 0.3) is 0 Å². The first-order valence-corrected chi connectivity index (χ1v) is 22.2. The predicted octanol–water partition coefficient (Wildman–Crippen LogP) is 18.3. The summed E-state index contributed by atoms with van der Waals surface area (Å²) in [6.07, 6.45) is 0. The maximum absolute atomic E-state index is 2.32. The van der Waals surface area contributed by atoms with Crippen molar-refractivity contribution in [3.63, 3.8) is 0 Å². The molecule has 0 aliphatic heterocycles. The van der Waals surface area contributed by atoms with Gasteiger partial charge in [0.1, 0.15) is 0 Å². The first-order valence-electron chi connectivity index (χ1n) is 22.2. The molecule has 64 heavy (non-hydrogen) atoms. The van der Waals surface area contributed by atoms with Gasteiger partial charge in [-0.25, -0.2) is 0 Å². The van der Waals surface area contributed by atoms with Crippen molar-refractivity contribution >= 4 is 129 Å². The molecule has 0 spiro atoms. The van der Waals surface area contributed by atoms with Crippen LogP contribution in [0.3, 0.4) is 0 Å². The first kappa shape index (κ1) is 36.3. The highest BCUT2D eigenvalue weighted by Gasteiger charge is 2.12. The molecular formula is C64H40. The van der Waals surface area contributed by atoms with Gasteiger partial charge in [0.05, 0.1) is 0 Å². The molecule has 0 aliphatic carbocycles. The largest absolute Gasteiger partial charge is 0.0616 e. The number of rotatable bonds is 0. The van der Waals surface area contributed by atoms with Gasteiger partial charge in [0.15, 0.2) is 0 Å². The molecule has 0 N–H and O–H groups in total. The van der Waals surface area contributed by atoms with Crippen LogP contribution in [0.1, 0.15) is 0 Å². The maximum atomic E-state index is 2.32. The molecule has 0 saturated heterocycles. The van der Waals surface area contributed by atoms with Crippen LogP contribution in [-0.2, 0) is 0 Å². The minimum atomic E-state index is 1.30. The fraction of sp³-hybridized carbons (Fsp3) is 0. The predicted molar refractivity (Wildman–Crippen MR) is 281 cm³/mol. The quantitative estimate of drug-likeness (QED) is 0.106. The zero-order chi connectivity index (χ0) is 42.1. The fourth-order valence-corrected chi connectivity index (χ4v) is 10.5. The van der Waals surface area contributed by atoms with Gasteiger partial charge in [-0.15, -0.1) is 0 Å². The Morgan fingerprint density at radius 1 is 0.125 bits per heavy atom. The summed E-state index contributed by atoms with van der Waals surface area (Å²) in [6, 6.07) is 88.1. The van der Waals surface area contributed by atoms with Crippen LogP contribution in [0.4, 0.5) is 0 Å². The molecule has 15 aromatic carbocycles. The minimum absolute atomic E-state index is 1.30. The van der Waals surface area contributed by atoms with E-state index in [-0.39, 0.29) is 0 Å². The number of benzene rings is 15. The summed E-state index contributed by atoms with van der Waals surface area (Å²) < 4.78 is 0. The Kier molecular flexibility index (Phi) is 8.32. The maximum Gasteiger partial charge on any atom is -0.00264 e. The van der Waals surface area contributed by atoms with Gasteiger partial charge in [-0.1, -0.05) is 194 Å². The summed E-state index contributed by atoms with van der Waals surface area (Å²) in [4.78, 5) is 0. The fourth-order valence-electron chi connectivity index (χ4n) is 10.5. The molecular weight excluding hydrogens is 769 g/mol. The van der Waals surface area contributed by atoms with Crippen LogP contribution in [0.15, 0.2) is 243 Å². The van der Waals surface area contributed by atoms with Crippen LogP contribution >= 0.6 is 0 Å². The van der Waals surface area contributed by atoms with Gasteiger partial charge in [-0.05, 0) is 178 Å². The van der Waals surface area contributed by atoms with E-state index in [1.807, 2.05) is 0 Å². The van der Waals surface area contributed by atoms with Gasteiger partial charge in [-0.3, -0.25) is 0 Å². The van der Waals surface area contributed by atoms with Gasteiger partial charge < -0.3 is 0 Å². The highest BCUT2D eigenvalue weighted by Crippen LogP contribution is 2.40. The lowest BCUT2D eigenvalue weighted by Gasteiger charge is -2.13. The summed E-state index contributed by atoms with van der Waals surface area (Å²) in [7, 11) is 0. The monoisotopic (exact) mass is 808 g/mol. The van der Waals surface area contributed by atoms with Crippen LogP contribution in [-0.4, -0.2) is 0 Å². The van der Waals surface area contributed by atoms with Crippen molar-refractivity contribution < 1.29 is 0 Å². The van der Waals surface area contributed by atoms with E-state index < -0.39 is 0 Å². The van der Waals surface area contributed by atoms with E-state index in [9.17, 15) is 0 Å². The summed E-state index contributed by atoms with van der Waals surface area (Å²) in [5, 5.41) is 31.9. The Balaban J connectivity index is 0.0000000968. The average molecular weight is 809 g/mol. The van der Waals surface area contributed by atoms with Crippen LogP contribution in [0.2, 0.25) is 0 Å². The third-order valence-electron chi connectivity index (χ3n) is 13.5. The summed E-state index contributed by atoms with van der Waals surface area (Å²) in [5.74, 6) is 0. The van der Waals surface area contributed by atoms with Crippen LogP contribution in [0.25, 0.3) is 129 Å². The first-order chi connectivity index (χ1) is 31.7. The van der Waals surface area contributed by atoms with Gasteiger partial charge in [0, 0.05) is 0 Å². The molecule has 296 valence electrons. The molecule has 0 nitrogen and oxygen atoms in total. The van der Waals surface area contributed by atoms with Crippen LogP contribution < -0.4 is 0 Å². The highest BCUT2D eigenvalue weighted by atomic mass is 14.2. The van der Waals surface area contributed by atoms with E-state index in [0.29, 0.717) is 0 Å². The van der Waals surface area contributed by atoms with Gasteiger partial charge >= 0.3 is 0 Å². The summed E-state index contributed by atoms with van der Waals surface area (Å²) >= 11 is 0. The molecule has 0 radical (unpaired) electrons. The third kappa shape index (κ3) is 5.99. The molecule has 15 aromatic rings. The minimum Gasteiger partial charge on any atom is -0.0616 e. The molecule has 0 aliphatic rings. The van der Waals surface area contributed by atoms with E-state index in [0.717, 1.165) is 0 Å². The lowest BCUT2D eigenvalue weighted by atomic mass is 9.90. The second-order valence-corrected chi connectivity index (χ2v) is 17.2. The molecule has 0 bridgehead atoms. The normalized spacial score (nSPS) is 11.8. The lowest BCUT2D eigenvalue weighted by Crippen LogP contribution is -1.85.